The first-order chi connectivity index (χ1) is 15.7. The van der Waals surface area contributed by atoms with E-state index in [1.165, 1.54) is 0 Å². The molecule has 5 nitrogen and oxygen atoms in total. The molecule has 5 rings (SSSR count). The van der Waals surface area contributed by atoms with Crippen LogP contribution in [0.15, 0.2) is 83.3 Å². The number of rotatable bonds is 4. The molecule has 0 radical (unpaired) electrons. The lowest BCUT2D eigenvalue weighted by Gasteiger charge is -2.07. The number of aryl methyl sites for hydroxylation is 1. The Morgan fingerprint density at radius 3 is 2.31 bits per heavy atom. The maximum atomic E-state index is 9.38. The van der Waals surface area contributed by atoms with Crippen molar-refractivity contribution in [2.75, 3.05) is 7.11 Å². The van der Waals surface area contributed by atoms with Gasteiger partial charge in [0.25, 0.3) is 0 Å². The number of hydrogen-bond donors (Lipinski definition) is 0. The van der Waals surface area contributed by atoms with Crippen LogP contribution < -0.4 is 4.74 Å². The second-order valence-electron chi connectivity index (χ2n) is 7.41. The van der Waals surface area contributed by atoms with E-state index in [-0.39, 0.29) is 0 Å². The van der Waals surface area contributed by atoms with E-state index in [4.69, 9.17) is 19.1 Å². The van der Waals surface area contributed by atoms with Gasteiger partial charge in [-0.2, -0.15) is 10.2 Å². The Morgan fingerprint density at radius 1 is 0.844 bits per heavy atom. The number of aromatic nitrogens is 2. The average Bonchev–Trinajstić information content (AvgIpc) is 3.25. The van der Waals surface area contributed by atoms with E-state index >= 15 is 0 Å². The highest BCUT2D eigenvalue weighted by molar-refractivity contribution is 6.02. The Bertz CT molecular complexity index is 1460. The SMILES string of the molecule is COc1ccc(-c2c(-c3cccc(C#N)c3)oc3nc(-c4ccccc4)nc(C)c23)cc1. The van der Waals surface area contributed by atoms with Crippen molar-refractivity contribution in [2.24, 2.45) is 0 Å². The van der Waals surface area contributed by atoms with Gasteiger partial charge in [0.15, 0.2) is 5.82 Å². The van der Waals surface area contributed by atoms with Crippen LogP contribution in [0.2, 0.25) is 0 Å². The van der Waals surface area contributed by atoms with Gasteiger partial charge in [-0.05, 0) is 36.8 Å². The number of hydrogen-bond acceptors (Lipinski definition) is 5. The Morgan fingerprint density at radius 2 is 1.59 bits per heavy atom. The lowest BCUT2D eigenvalue weighted by atomic mass is 9.97. The van der Waals surface area contributed by atoms with Crippen molar-refractivity contribution in [1.82, 2.24) is 9.97 Å². The van der Waals surface area contributed by atoms with Crippen LogP contribution in [0, 0.1) is 18.3 Å². The molecule has 0 atom stereocenters. The molecular weight excluding hydrogens is 398 g/mol. The van der Waals surface area contributed by atoms with E-state index in [9.17, 15) is 5.26 Å². The maximum absolute atomic E-state index is 9.38. The van der Waals surface area contributed by atoms with Gasteiger partial charge in [0, 0.05) is 16.7 Å². The monoisotopic (exact) mass is 417 g/mol. The predicted octanol–water partition coefficient (Wildman–Crippen LogP) is 6.41. The predicted molar refractivity (Wildman–Crippen MR) is 124 cm³/mol. The van der Waals surface area contributed by atoms with Crippen molar-refractivity contribution < 1.29 is 9.15 Å². The third-order valence-electron chi connectivity index (χ3n) is 5.40. The van der Waals surface area contributed by atoms with Gasteiger partial charge in [0.1, 0.15) is 11.5 Å². The van der Waals surface area contributed by atoms with Gasteiger partial charge in [-0.3, -0.25) is 0 Å². The van der Waals surface area contributed by atoms with Crippen LogP contribution in [-0.4, -0.2) is 17.1 Å². The Kier molecular flexibility index (Phi) is 4.89. The smallest absolute Gasteiger partial charge is 0.231 e. The van der Waals surface area contributed by atoms with Crippen LogP contribution in [0.4, 0.5) is 0 Å². The number of nitriles is 1. The lowest BCUT2D eigenvalue weighted by molar-refractivity contribution is 0.415. The molecular formula is C27H19N3O2. The van der Waals surface area contributed by atoms with Gasteiger partial charge in [0.2, 0.25) is 5.71 Å². The molecule has 0 bridgehead atoms. The fourth-order valence-electron chi connectivity index (χ4n) is 3.85. The third-order valence-corrected chi connectivity index (χ3v) is 5.40. The molecule has 2 aromatic heterocycles. The van der Waals surface area contributed by atoms with Gasteiger partial charge < -0.3 is 9.15 Å². The van der Waals surface area contributed by atoms with Crippen LogP contribution >= 0.6 is 0 Å². The summed E-state index contributed by atoms with van der Waals surface area (Å²) in [6.45, 7) is 1.97. The molecule has 0 spiro atoms. The second-order valence-corrected chi connectivity index (χ2v) is 7.41. The minimum absolute atomic E-state index is 0.513. The largest absolute Gasteiger partial charge is 0.497 e. The zero-order valence-corrected chi connectivity index (χ0v) is 17.7. The number of ether oxygens (including phenoxy) is 1. The number of benzene rings is 3. The Labute approximate surface area is 185 Å². The number of methoxy groups -OCH3 is 1. The first kappa shape index (κ1) is 19.5. The number of fused-ring (bicyclic) bond motifs is 1. The molecule has 5 aromatic rings. The van der Waals surface area contributed by atoms with Crippen LogP contribution in [-0.2, 0) is 0 Å². The van der Waals surface area contributed by atoms with E-state index < -0.39 is 0 Å². The highest BCUT2D eigenvalue weighted by Crippen LogP contribution is 2.42. The van der Waals surface area contributed by atoms with Crippen LogP contribution in [0.1, 0.15) is 11.3 Å². The minimum atomic E-state index is 0.513. The van der Waals surface area contributed by atoms with E-state index in [0.29, 0.717) is 22.9 Å². The molecule has 5 heteroatoms. The molecule has 0 saturated carbocycles. The standard InChI is InChI=1S/C27H19N3O2/c1-17-23-24(19-11-13-22(31-2)14-12-19)25(21-10-6-7-18(15-21)16-28)32-27(23)30-26(29-17)20-8-4-3-5-9-20/h3-15H,1-2H3. The maximum Gasteiger partial charge on any atom is 0.231 e. The molecule has 0 saturated heterocycles. The molecule has 0 amide bonds. The van der Waals surface area contributed by atoms with Gasteiger partial charge in [-0.15, -0.1) is 0 Å². The molecule has 0 aliphatic heterocycles. The van der Waals surface area contributed by atoms with Crippen molar-refractivity contribution >= 4 is 11.1 Å². The van der Waals surface area contributed by atoms with Gasteiger partial charge >= 0.3 is 0 Å². The number of nitrogens with zero attached hydrogens (tertiary/aromatic N) is 3. The fourth-order valence-corrected chi connectivity index (χ4v) is 3.85. The summed E-state index contributed by atoms with van der Waals surface area (Å²) in [4.78, 5) is 9.53. The molecule has 32 heavy (non-hydrogen) atoms. The van der Waals surface area contributed by atoms with Crippen molar-refractivity contribution in [3.63, 3.8) is 0 Å². The summed E-state index contributed by atoms with van der Waals surface area (Å²) in [6, 6.07) is 27.2. The Balaban J connectivity index is 1.80. The molecule has 0 N–H and O–H groups in total. The summed E-state index contributed by atoms with van der Waals surface area (Å²) in [5.74, 6) is 2.04. The topological polar surface area (TPSA) is 71.9 Å². The second kappa shape index (κ2) is 8.01. The Hall–Kier alpha value is -4.43. The first-order valence-corrected chi connectivity index (χ1v) is 10.2. The molecule has 0 unspecified atom stereocenters. The number of furan rings is 1. The molecule has 3 aromatic carbocycles. The van der Waals surface area contributed by atoms with E-state index in [2.05, 4.69) is 6.07 Å². The summed E-state index contributed by atoms with van der Waals surface area (Å²) >= 11 is 0. The van der Waals surface area contributed by atoms with E-state index in [0.717, 1.165) is 39.1 Å². The zero-order chi connectivity index (χ0) is 22.1. The van der Waals surface area contributed by atoms with E-state index in [1.54, 1.807) is 13.2 Å². The van der Waals surface area contributed by atoms with Crippen molar-refractivity contribution in [2.45, 2.75) is 6.92 Å². The summed E-state index contributed by atoms with van der Waals surface area (Å²) in [7, 11) is 1.64. The fraction of sp³-hybridized carbons (Fsp3) is 0.0741. The third kappa shape index (κ3) is 3.38. The summed E-state index contributed by atoms with van der Waals surface area (Å²) in [5.41, 5.74) is 5.50. The van der Waals surface area contributed by atoms with E-state index in [1.807, 2.05) is 79.7 Å². The highest BCUT2D eigenvalue weighted by atomic mass is 16.5. The minimum Gasteiger partial charge on any atom is -0.497 e. The molecule has 2 heterocycles. The highest BCUT2D eigenvalue weighted by Gasteiger charge is 2.22. The van der Waals surface area contributed by atoms with Crippen molar-refractivity contribution in [3.05, 3.63) is 90.1 Å². The average molecular weight is 417 g/mol. The quantitative estimate of drug-likeness (QED) is 0.338. The molecule has 0 aliphatic carbocycles. The van der Waals surface area contributed by atoms with Gasteiger partial charge in [-0.25, -0.2) is 4.98 Å². The van der Waals surface area contributed by atoms with Crippen molar-refractivity contribution in [1.29, 1.82) is 5.26 Å². The summed E-state index contributed by atoms with van der Waals surface area (Å²) in [5, 5.41) is 10.2. The van der Waals surface area contributed by atoms with Crippen LogP contribution in [0.25, 0.3) is 44.9 Å². The van der Waals surface area contributed by atoms with Gasteiger partial charge in [-0.1, -0.05) is 54.6 Å². The summed E-state index contributed by atoms with van der Waals surface area (Å²) < 4.78 is 11.7. The zero-order valence-electron chi connectivity index (χ0n) is 17.7. The lowest BCUT2D eigenvalue weighted by Crippen LogP contribution is -1.93. The first-order valence-electron chi connectivity index (χ1n) is 10.2. The molecule has 0 aliphatic rings. The van der Waals surface area contributed by atoms with Crippen LogP contribution in [0.3, 0.4) is 0 Å². The summed E-state index contributed by atoms with van der Waals surface area (Å²) in [6.07, 6.45) is 0. The molecule has 0 fully saturated rings. The molecule has 154 valence electrons. The van der Waals surface area contributed by atoms with Crippen LogP contribution in [0.5, 0.6) is 5.75 Å². The van der Waals surface area contributed by atoms with Crippen molar-refractivity contribution in [3.8, 4) is 45.7 Å². The van der Waals surface area contributed by atoms with Gasteiger partial charge in [0.05, 0.1) is 29.8 Å². The normalized spacial score (nSPS) is 10.8.